The summed E-state index contributed by atoms with van der Waals surface area (Å²) in [6.45, 7) is 0. The van der Waals surface area contributed by atoms with Crippen LogP contribution in [-0.4, -0.2) is 35.5 Å². The molecular formula is C7H9N2NaO. The molecule has 4 heteroatoms. The molecule has 1 rings (SSSR count). The molecule has 0 radical (unpaired) electrons. The molecule has 4 N–H and O–H groups in total. The third kappa shape index (κ3) is 2.54. The standard InChI is InChI=1S/C7H8N2O.Na.H/c8-6-4-2-1-3-5(6)7(9)10;;/h1-4H,8H2,(H2,9,10);;. The van der Waals surface area contributed by atoms with Crippen molar-refractivity contribution in [2.75, 3.05) is 5.73 Å². The molecule has 0 saturated carbocycles. The van der Waals surface area contributed by atoms with Gasteiger partial charge >= 0.3 is 29.6 Å². The summed E-state index contributed by atoms with van der Waals surface area (Å²) in [7, 11) is 0. The summed E-state index contributed by atoms with van der Waals surface area (Å²) < 4.78 is 0. The van der Waals surface area contributed by atoms with E-state index >= 15 is 0 Å². The van der Waals surface area contributed by atoms with Gasteiger partial charge in [-0.2, -0.15) is 0 Å². The van der Waals surface area contributed by atoms with Gasteiger partial charge in [-0.3, -0.25) is 4.79 Å². The van der Waals surface area contributed by atoms with E-state index in [-0.39, 0.29) is 29.6 Å². The van der Waals surface area contributed by atoms with Gasteiger partial charge < -0.3 is 11.5 Å². The van der Waals surface area contributed by atoms with Gasteiger partial charge in [0.15, 0.2) is 0 Å². The second kappa shape index (κ2) is 4.38. The zero-order valence-electron chi connectivity index (χ0n) is 5.37. The molecule has 1 aromatic carbocycles. The van der Waals surface area contributed by atoms with Gasteiger partial charge in [-0.1, -0.05) is 12.1 Å². The predicted molar refractivity (Wildman–Crippen MR) is 46.5 cm³/mol. The molecule has 1 aromatic rings. The number of rotatable bonds is 1. The maximum absolute atomic E-state index is 10.6. The van der Waals surface area contributed by atoms with Crippen LogP contribution in [0.2, 0.25) is 0 Å². The van der Waals surface area contributed by atoms with Gasteiger partial charge in [0.2, 0.25) is 0 Å². The minimum absolute atomic E-state index is 0. The normalized spacial score (nSPS) is 8.36. The Hall–Kier alpha value is -0.510. The molecule has 0 atom stereocenters. The van der Waals surface area contributed by atoms with Crippen LogP contribution >= 0.6 is 0 Å². The molecule has 3 nitrogen and oxygen atoms in total. The molecule has 0 unspecified atom stereocenters. The Morgan fingerprint density at radius 1 is 1.27 bits per heavy atom. The Balaban J connectivity index is 0.000001000. The molecule has 11 heavy (non-hydrogen) atoms. The van der Waals surface area contributed by atoms with E-state index in [1.165, 1.54) is 0 Å². The number of benzene rings is 1. The second-order valence-corrected chi connectivity index (χ2v) is 1.95. The van der Waals surface area contributed by atoms with Crippen molar-refractivity contribution in [3.05, 3.63) is 29.8 Å². The monoisotopic (exact) mass is 160 g/mol. The van der Waals surface area contributed by atoms with Crippen molar-refractivity contribution in [3.8, 4) is 0 Å². The van der Waals surface area contributed by atoms with Crippen molar-refractivity contribution >= 4 is 41.2 Å². The van der Waals surface area contributed by atoms with E-state index in [1.54, 1.807) is 24.3 Å². The Kier molecular flexibility index (Phi) is 4.18. The second-order valence-electron chi connectivity index (χ2n) is 1.95. The number of amides is 1. The first-order chi connectivity index (χ1) is 4.72. The summed E-state index contributed by atoms with van der Waals surface area (Å²) in [5.74, 6) is -0.488. The van der Waals surface area contributed by atoms with Crippen LogP contribution in [-0.2, 0) is 0 Å². The maximum atomic E-state index is 10.6. The fraction of sp³-hybridized carbons (Fsp3) is 0. The summed E-state index contributed by atoms with van der Waals surface area (Å²) in [4.78, 5) is 10.6. The zero-order valence-corrected chi connectivity index (χ0v) is 5.37. The number of carbonyl (C=O) groups excluding carboxylic acids is 1. The number of nitrogen functional groups attached to an aromatic ring is 1. The van der Waals surface area contributed by atoms with Crippen molar-refractivity contribution in [1.82, 2.24) is 0 Å². The van der Waals surface area contributed by atoms with Crippen LogP contribution in [0.15, 0.2) is 24.3 Å². The molecule has 0 spiro atoms. The zero-order chi connectivity index (χ0) is 7.56. The third-order valence-corrected chi connectivity index (χ3v) is 1.23. The number of primary amides is 1. The fourth-order valence-electron chi connectivity index (χ4n) is 0.721. The van der Waals surface area contributed by atoms with Crippen LogP contribution in [0, 0.1) is 0 Å². The predicted octanol–water partition coefficient (Wildman–Crippen LogP) is -0.281. The number of anilines is 1. The molecule has 54 valence electrons. The van der Waals surface area contributed by atoms with Crippen LogP contribution in [0.25, 0.3) is 0 Å². The molecular weight excluding hydrogens is 151 g/mol. The average Bonchev–Trinajstić information content (AvgIpc) is 1.88. The van der Waals surface area contributed by atoms with Crippen molar-refractivity contribution in [2.24, 2.45) is 5.73 Å². The van der Waals surface area contributed by atoms with Gasteiger partial charge in [-0.25, -0.2) is 0 Å². The molecule has 0 aliphatic heterocycles. The van der Waals surface area contributed by atoms with E-state index in [2.05, 4.69) is 0 Å². The van der Waals surface area contributed by atoms with E-state index in [1.807, 2.05) is 0 Å². The van der Waals surface area contributed by atoms with Gasteiger partial charge in [0.05, 0.1) is 5.56 Å². The molecule has 0 bridgehead atoms. The molecule has 1 amide bonds. The summed E-state index contributed by atoms with van der Waals surface area (Å²) in [6.07, 6.45) is 0. The summed E-state index contributed by atoms with van der Waals surface area (Å²) in [5.41, 5.74) is 11.2. The summed E-state index contributed by atoms with van der Waals surface area (Å²) >= 11 is 0. The first kappa shape index (κ1) is 10.5. The number of carbonyl (C=O) groups is 1. The number of nitrogens with two attached hydrogens (primary N) is 2. The third-order valence-electron chi connectivity index (χ3n) is 1.23. The Morgan fingerprint density at radius 3 is 2.18 bits per heavy atom. The van der Waals surface area contributed by atoms with Crippen LogP contribution in [0.3, 0.4) is 0 Å². The summed E-state index contributed by atoms with van der Waals surface area (Å²) in [5, 5.41) is 0. The van der Waals surface area contributed by atoms with Gasteiger partial charge in [0, 0.05) is 5.69 Å². The van der Waals surface area contributed by atoms with E-state index in [0.717, 1.165) is 0 Å². The quantitative estimate of drug-likeness (QED) is 0.438. The Labute approximate surface area is 87.1 Å². The van der Waals surface area contributed by atoms with E-state index in [0.29, 0.717) is 11.3 Å². The van der Waals surface area contributed by atoms with Crippen LogP contribution < -0.4 is 11.5 Å². The van der Waals surface area contributed by atoms with Crippen LogP contribution in [0.4, 0.5) is 5.69 Å². The van der Waals surface area contributed by atoms with E-state index in [9.17, 15) is 4.79 Å². The topological polar surface area (TPSA) is 69.1 Å². The van der Waals surface area contributed by atoms with Crippen molar-refractivity contribution < 1.29 is 4.79 Å². The SMILES string of the molecule is NC(=O)c1ccccc1N.[NaH]. The Bertz CT molecular complexity index is 262. The summed E-state index contributed by atoms with van der Waals surface area (Å²) in [6, 6.07) is 6.70. The van der Waals surface area contributed by atoms with Crippen LogP contribution in [0.5, 0.6) is 0 Å². The van der Waals surface area contributed by atoms with Crippen molar-refractivity contribution in [1.29, 1.82) is 0 Å². The molecule has 0 fully saturated rings. The molecule has 0 aliphatic carbocycles. The van der Waals surface area contributed by atoms with Gasteiger partial charge in [0.25, 0.3) is 5.91 Å². The van der Waals surface area contributed by atoms with Gasteiger partial charge in [-0.05, 0) is 12.1 Å². The average molecular weight is 160 g/mol. The van der Waals surface area contributed by atoms with Gasteiger partial charge in [0.1, 0.15) is 0 Å². The Morgan fingerprint density at radius 2 is 1.82 bits per heavy atom. The van der Waals surface area contributed by atoms with E-state index < -0.39 is 5.91 Å². The van der Waals surface area contributed by atoms with Crippen molar-refractivity contribution in [2.45, 2.75) is 0 Å². The van der Waals surface area contributed by atoms with Crippen LogP contribution in [0.1, 0.15) is 10.4 Å². The van der Waals surface area contributed by atoms with Crippen molar-refractivity contribution in [3.63, 3.8) is 0 Å². The molecule has 0 saturated heterocycles. The number of para-hydroxylation sites is 1. The van der Waals surface area contributed by atoms with Gasteiger partial charge in [-0.15, -0.1) is 0 Å². The number of hydrogen-bond donors (Lipinski definition) is 2. The fourth-order valence-corrected chi connectivity index (χ4v) is 0.721. The molecule has 0 aromatic heterocycles. The minimum atomic E-state index is -0.488. The molecule has 0 heterocycles. The first-order valence-electron chi connectivity index (χ1n) is 2.86. The first-order valence-corrected chi connectivity index (χ1v) is 2.86. The molecule has 0 aliphatic rings. The number of hydrogen-bond acceptors (Lipinski definition) is 2. The van der Waals surface area contributed by atoms with E-state index in [4.69, 9.17) is 11.5 Å².